The maximum atomic E-state index is 9.33. The molecule has 0 aliphatic heterocycles. The quantitative estimate of drug-likeness (QED) is 0.519. The SMILES string of the molecule is CC1=CC=CC(C)[C@@H]1O. The summed E-state index contributed by atoms with van der Waals surface area (Å²) in [4.78, 5) is 0. The van der Waals surface area contributed by atoms with Crippen molar-refractivity contribution in [2.45, 2.75) is 20.0 Å². The molecule has 0 spiro atoms. The van der Waals surface area contributed by atoms with Crippen molar-refractivity contribution in [1.82, 2.24) is 0 Å². The van der Waals surface area contributed by atoms with Crippen molar-refractivity contribution in [3.8, 4) is 0 Å². The summed E-state index contributed by atoms with van der Waals surface area (Å²) in [5.74, 6) is 0.287. The number of rotatable bonds is 0. The summed E-state index contributed by atoms with van der Waals surface area (Å²) in [6.45, 7) is 3.96. The summed E-state index contributed by atoms with van der Waals surface area (Å²) in [5, 5.41) is 9.33. The van der Waals surface area contributed by atoms with E-state index in [-0.39, 0.29) is 12.0 Å². The van der Waals surface area contributed by atoms with Crippen LogP contribution in [0.5, 0.6) is 0 Å². The molecule has 9 heavy (non-hydrogen) atoms. The summed E-state index contributed by atoms with van der Waals surface area (Å²) in [6.07, 6.45) is 5.70. The van der Waals surface area contributed by atoms with Crippen LogP contribution in [0.25, 0.3) is 0 Å². The Balaban J connectivity index is 2.73. The Morgan fingerprint density at radius 2 is 2.22 bits per heavy atom. The third kappa shape index (κ3) is 1.22. The van der Waals surface area contributed by atoms with Gasteiger partial charge in [-0.1, -0.05) is 25.2 Å². The Labute approximate surface area is 55.7 Å². The van der Waals surface area contributed by atoms with Crippen LogP contribution < -0.4 is 0 Å². The molecule has 0 saturated heterocycles. The first-order valence-electron chi connectivity index (χ1n) is 3.25. The van der Waals surface area contributed by atoms with Gasteiger partial charge >= 0.3 is 0 Å². The second-order valence-electron chi connectivity index (χ2n) is 2.60. The first-order chi connectivity index (χ1) is 4.22. The molecule has 0 aromatic carbocycles. The van der Waals surface area contributed by atoms with Crippen LogP contribution in [0, 0.1) is 5.92 Å². The van der Waals surface area contributed by atoms with Crippen LogP contribution in [0.3, 0.4) is 0 Å². The van der Waals surface area contributed by atoms with Crippen molar-refractivity contribution in [3.63, 3.8) is 0 Å². The van der Waals surface area contributed by atoms with Crippen LogP contribution in [0.4, 0.5) is 0 Å². The molecule has 0 fully saturated rings. The standard InChI is InChI=1S/C8H12O/c1-6-4-3-5-7(2)8(6)9/h3-6,8-9H,1-2H3/t6?,8-/m0/s1. The number of hydrogen-bond acceptors (Lipinski definition) is 1. The van der Waals surface area contributed by atoms with E-state index in [1.807, 2.05) is 32.1 Å². The number of allylic oxidation sites excluding steroid dienone is 2. The lowest BCUT2D eigenvalue weighted by Crippen LogP contribution is -2.18. The van der Waals surface area contributed by atoms with E-state index in [1.165, 1.54) is 0 Å². The summed E-state index contributed by atoms with van der Waals surface area (Å²) in [6, 6.07) is 0. The number of hydrogen-bond donors (Lipinski definition) is 1. The highest BCUT2D eigenvalue weighted by atomic mass is 16.3. The van der Waals surface area contributed by atoms with Crippen LogP contribution in [-0.4, -0.2) is 11.2 Å². The zero-order valence-corrected chi connectivity index (χ0v) is 5.83. The fourth-order valence-electron chi connectivity index (χ4n) is 1.00. The maximum absolute atomic E-state index is 9.33. The average Bonchev–Trinajstić information content (AvgIpc) is 1.83. The van der Waals surface area contributed by atoms with Gasteiger partial charge in [0.1, 0.15) is 0 Å². The van der Waals surface area contributed by atoms with Crippen molar-refractivity contribution in [2.24, 2.45) is 5.92 Å². The van der Waals surface area contributed by atoms with E-state index < -0.39 is 0 Å². The van der Waals surface area contributed by atoms with Crippen molar-refractivity contribution in [3.05, 3.63) is 23.8 Å². The fraction of sp³-hybridized carbons (Fsp3) is 0.500. The molecule has 1 unspecified atom stereocenters. The summed E-state index contributed by atoms with van der Waals surface area (Å²) in [5.41, 5.74) is 1.06. The van der Waals surface area contributed by atoms with Gasteiger partial charge in [0.2, 0.25) is 0 Å². The Kier molecular flexibility index (Phi) is 1.72. The first-order valence-corrected chi connectivity index (χ1v) is 3.25. The topological polar surface area (TPSA) is 20.2 Å². The molecule has 1 rings (SSSR count). The van der Waals surface area contributed by atoms with E-state index in [2.05, 4.69) is 0 Å². The van der Waals surface area contributed by atoms with E-state index in [0.717, 1.165) is 5.57 Å². The molecule has 0 aromatic heterocycles. The second-order valence-corrected chi connectivity index (χ2v) is 2.60. The molecular formula is C8H12O. The van der Waals surface area contributed by atoms with E-state index in [9.17, 15) is 5.11 Å². The number of aliphatic hydroxyl groups excluding tert-OH is 1. The molecule has 1 heteroatoms. The molecule has 0 heterocycles. The minimum atomic E-state index is -0.255. The summed E-state index contributed by atoms with van der Waals surface area (Å²) in [7, 11) is 0. The maximum Gasteiger partial charge on any atom is 0.0810 e. The van der Waals surface area contributed by atoms with Gasteiger partial charge in [0.05, 0.1) is 6.10 Å². The lowest BCUT2D eigenvalue weighted by atomic mass is 9.94. The minimum Gasteiger partial charge on any atom is -0.388 e. The highest BCUT2D eigenvalue weighted by molar-refractivity contribution is 5.21. The summed E-state index contributed by atoms with van der Waals surface area (Å²) < 4.78 is 0. The molecule has 50 valence electrons. The van der Waals surface area contributed by atoms with E-state index in [4.69, 9.17) is 0 Å². The van der Waals surface area contributed by atoms with Crippen molar-refractivity contribution < 1.29 is 5.11 Å². The largest absolute Gasteiger partial charge is 0.388 e. The van der Waals surface area contributed by atoms with Gasteiger partial charge in [0.25, 0.3) is 0 Å². The first kappa shape index (κ1) is 6.56. The average molecular weight is 124 g/mol. The predicted molar refractivity (Wildman–Crippen MR) is 38.1 cm³/mol. The van der Waals surface area contributed by atoms with Crippen LogP contribution in [-0.2, 0) is 0 Å². The Morgan fingerprint density at radius 3 is 2.67 bits per heavy atom. The molecule has 0 radical (unpaired) electrons. The molecule has 1 aliphatic rings. The Bertz CT molecular complexity index is 156. The monoisotopic (exact) mass is 124 g/mol. The highest BCUT2D eigenvalue weighted by Crippen LogP contribution is 2.17. The van der Waals surface area contributed by atoms with Gasteiger partial charge in [-0.05, 0) is 12.5 Å². The molecule has 2 atom stereocenters. The Morgan fingerprint density at radius 1 is 1.56 bits per heavy atom. The van der Waals surface area contributed by atoms with Gasteiger partial charge in [0, 0.05) is 5.92 Å². The second kappa shape index (κ2) is 2.36. The van der Waals surface area contributed by atoms with Crippen LogP contribution >= 0.6 is 0 Å². The lowest BCUT2D eigenvalue weighted by Gasteiger charge is -2.18. The van der Waals surface area contributed by atoms with Gasteiger partial charge in [-0.2, -0.15) is 0 Å². The molecule has 0 aromatic rings. The van der Waals surface area contributed by atoms with Crippen LogP contribution in [0.15, 0.2) is 23.8 Å². The van der Waals surface area contributed by atoms with Gasteiger partial charge in [-0.3, -0.25) is 0 Å². The molecule has 1 nitrogen and oxygen atoms in total. The molecule has 1 aliphatic carbocycles. The molecule has 0 saturated carbocycles. The third-order valence-electron chi connectivity index (χ3n) is 1.74. The molecule has 1 N–H and O–H groups in total. The van der Waals surface area contributed by atoms with E-state index >= 15 is 0 Å². The van der Waals surface area contributed by atoms with Crippen molar-refractivity contribution >= 4 is 0 Å². The van der Waals surface area contributed by atoms with Crippen LogP contribution in [0.2, 0.25) is 0 Å². The lowest BCUT2D eigenvalue weighted by molar-refractivity contribution is 0.171. The highest BCUT2D eigenvalue weighted by Gasteiger charge is 2.14. The Hall–Kier alpha value is -0.560. The van der Waals surface area contributed by atoms with E-state index in [0.29, 0.717) is 0 Å². The zero-order valence-electron chi connectivity index (χ0n) is 5.83. The third-order valence-corrected chi connectivity index (χ3v) is 1.74. The molecule has 0 amide bonds. The zero-order chi connectivity index (χ0) is 6.85. The smallest absolute Gasteiger partial charge is 0.0810 e. The van der Waals surface area contributed by atoms with Gasteiger partial charge in [-0.15, -0.1) is 0 Å². The predicted octanol–water partition coefficient (Wildman–Crippen LogP) is 1.50. The normalized spacial score (nSPS) is 34.3. The molecule has 0 bridgehead atoms. The summed E-state index contributed by atoms with van der Waals surface area (Å²) >= 11 is 0. The van der Waals surface area contributed by atoms with Crippen molar-refractivity contribution in [1.29, 1.82) is 0 Å². The fourth-order valence-corrected chi connectivity index (χ4v) is 1.00. The van der Waals surface area contributed by atoms with Crippen molar-refractivity contribution in [2.75, 3.05) is 0 Å². The van der Waals surface area contributed by atoms with E-state index in [1.54, 1.807) is 0 Å². The van der Waals surface area contributed by atoms with Gasteiger partial charge in [0.15, 0.2) is 0 Å². The van der Waals surface area contributed by atoms with Crippen LogP contribution in [0.1, 0.15) is 13.8 Å². The van der Waals surface area contributed by atoms with Gasteiger partial charge < -0.3 is 5.11 Å². The molecular weight excluding hydrogens is 112 g/mol. The minimum absolute atomic E-state index is 0.255. The van der Waals surface area contributed by atoms with Gasteiger partial charge in [-0.25, -0.2) is 0 Å². The number of aliphatic hydroxyl groups is 1.